The van der Waals surface area contributed by atoms with Crippen LogP contribution < -0.4 is 11.1 Å². The summed E-state index contributed by atoms with van der Waals surface area (Å²) in [5.41, 5.74) is 5.59. The molecule has 0 unspecified atom stereocenters. The smallest absolute Gasteiger partial charge is 0.270 e. The van der Waals surface area contributed by atoms with E-state index in [-0.39, 0.29) is 11.5 Å². The van der Waals surface area contributed by atoms with E-state index in [1.54, 1.807) is 7.05 Å². The number of nitrogens with two attached hydrogens (primary N) is 1. The van der Waals surface area contributed by atoms with E-state index < -0.39 is 11.7 Å². The summed E-state index contributed by atoms with van der Waals surface area (Å²) in [5.74, 6) is -1.34. The van der Waals surface area contributed by atoms with Crippen molar-refractivity contribution in [1.82, 2.24) is 20.2 Å². The first-order chi connectivity index (χ1) is 8.06. The van der Waals surface area contributed by atoms with E-state index in [1.165, 1.54) is 16.9 Å². The lowest BCUT2D eigenvalue weighted by Gasteiger charge is -2.03. The Morgan fingerprint density at radius 2 is 2.29 bits per heavy atom. The Labute approximate surface area is 95.4 Å². The summed E-state index contributed by atoms with van der Waals surface area (Å²) in [7, 11) is 1.55. The van der Waals surface area contributed by atoms with Crippen molar-refractivity contribution in [3.8, 4) is 0 Å². The van der Waals surface area contributed by atoms with E-state index in [0.717, 1.165) is 6.07 Å². The second kappa shape index (κ2) is 4.16. The number of amides is 1. The van der Waals surface area contributed by atoms with Crippen LogP contribution in [0.3, 0.4) is 0 Å². The monoisotopic (exact) mass is 236 g/mol. The molecule has 2 aromatic rings. The molecule has 2 rings (SSSR count). The van der Waals surface area contributed by atoms with Gasteiger partial charge in [0, 0.05) is 5.69 Å². The van der Waals surface area contributed by atoms with Gasteiger partial charge in [0.2, 0.25) is 0 Å². The summed E-state index contributed by atoms with van der Waals surface area (Å²) in [6.45, 7) is 0. The van der Waals surface area contributed by atoms with Crippen LogP contribution in [0.25, 0.3) is 0 Å². The van der Waals surface area contributed by atoms with Crippen molar-refractivity contribution in [2.45, 2.75) is 0 Å². The molecule has 1 aromatic carbocycles. The zero-order valence-electron chi connectivity index (χ0n) is 8.88. The zero-order chi connectivity index (χ0) is 12.4. The van der Waals surface area contributed by atoms with Crippen LogP contribution in [0.15, 0.2) is 18.2 Å². The number of nitrogens with zero attached hydrogens (tertiary/aromatic N) is 4. The van der Waals surface area contributed by atoms with Gasteiger partial charge in [-0.15, -0.1) is 5.10 Å². The molecular weight excluding hydrogens is 227 g/mol. The van der Waals surface area contributed by atoms with Gasteiger partial charge < -0.3 is 5.73 Å². The van der Waals surface area contributed by atoms with E-state index in [9.17, 15) is 9.18 Å². The minimum absolute atomic E-state index is 0.000625. The van der Waals surface area contributed by atoms with Crippen LogP contribution in [0.4, 0.5) is 16.0 Å². The molecule has 3 N–H and O–H groups in total. The number of benzene rings is 1. The van der Waals surface area contributed by atoms with Gasteiger partial charge in [0.1, 0.15) is 5.82 Å². The molecule has 0 atom stereocenters. The third kappa shape index (κ3) is 2.36. The first kappa shape index (κ1) is 11.0. The molecule has 88 valence electrons. The summed E-state index contributed by atoms with van der Waals surface area (Å²) in [6, 6.07) is 3.72. The van der Waals surface area contributed by atoms with Gasteiger partial charge in [0.25, 0.3) is 11.9 Å². The van der Waals surface area contributed by atoms with E-state index in [1.807, 2.05) is 0 Å². The molecular formula is C9H9FN6O. The van der Waals surface area contributed by atoms with Crippen LogP contribution in [0, 0.1) is 5.82 Å². The summed E-state index contributed by atoms with van der Waals surface area (Å²) < 4.78 is 13.3. The SMILES string of the molecule is Cn1nnc(NC(=O)c2cc(N)ccc2F)n1. The van der Waals surface area contributed by atoms with Crippen LogP contribution >= 0.6 is 0 Å². The fraction of sp³-hybridized carbons (Fsp3) is 0.111. The van der Waals surface area contributed by atoms with Crippen molar-refractivity contribution in [3.63, 3.8) is 0 Å². The van der Waals surface area contributed by atoms with Gasteiger partial charge in [-0.25, -0.2) is 4.39 Å². The maximum Gasteiger partial charge on any atom is 0.270 e. The number of halogens is 1. The summed E-state index contributed by atoms with van der Waals surface area (Å²) in [4.78, 5) is 12.8. The topological polar surface area (TPSA) is 98.7 Å². The number of hydrogen-bond donors (Lipinski definition) is 2. The molecule has 0 aliphatic heterocycles. The third-order valence-electron chi connectivity index (χ3n) is 1.97. The molecule has 17 heavy (non-hydrogen) atoms. The van der Waals surface area contributed by atoms with Crippen LogP contribution in [0.1, 0.15) is 10.4 Å². The maximum absolute atomic E-state index is 13.3. The Kier molecular flexibility index (Phi) is 2.69. The summed E-state index contributed by atoms with van der Waals surface area (Å²) in [5, 5.41) is 13.1. The molecule has 0 saturated carbocycles. The molecule has 0 saturated heterocycles. The predicted molar refractivity (Wildman–Crippen MR) is 57.6 cm³/mol. The van der Waals surface area contributed by atoms with Crippen LogP contribution in [0.5, 0.6) is 0 Å². The highest BCUT2D eigenvalue weighted by molar-refractivity contribution is 6.03. The molecule has 1 amide bonds. The first-order valence-electron chi connectivity index (χ1n) is 4.66. The maximum atomic E-state index is 13.3. The van der Waals surface area contributed by atoms with Gasteiger partial charge in [-0.3, -0.25) is 10.1 Å². The average molecular weight is 236 g/mol. The number of hydrogen-bond acceptors (Lipinski definition) is 5. The van der Waals surface area contributed by atoms with Crippen molar-refractivity contribution in [3.05, 3.63) is 29.6 Å². The Morgan fingerprint density at radius 1 is 1.53 bits per heavy atom. The van der Waals surface area contributed by atoms with Crippen molar-refractivity contribution >= 4 is 17.5 Å². The molecule has 7 nitrogen and oxygen atoms in total. The first-order valence-corrected chi connectivity index (χ1v) is 4.66. The molecule has 0 spiro atoms. The standard InChI is InChI=1S/C9H9FN6O/c1-16-14-9(13-15-16)12-8(17)6-4-5(11)2-3-7(6)10/h2-4H,11H2,1H3,(H,12,14,17). The van der Waals surface area contributed by atoms with Crippen LogP contribution in [-0.4, -0.2) is 26.1 Å². The van der Waals surface area contributed by atoms with Crippen molar-refractivity contribution in [2.75, 3.05) is 11.1 Å². The van der Waals surface area contributed by atoms with E-state index in [2.05, 4.69) is 20.7 Å². The fourth-order valence-corrected chi connectivity index (χ4v) is 1.22. The van der Waals surface area contributed by atoms with E-state index in [0.29, 0.717) is 5.69 Å². The molecule has 0 fully saturated rings. The van der Waals surface area contributed by atoms with Gasteiger partial charge in [0.05, 0.1) is 12.6 Å². The lowest BCUT2D eigenvalue weighted by atomic mass is 10.2. The highest BCUT2D eigenvalue weighted by atomic mass is 19.1. The van der Waals surface area contributed by atoms with Gasteiger partial charge in [0.15, 0.2) is 0 Å². The lowest BCUT2D eigenvalue weighted by molar-refractivity contribution is 0.102. The molecule has 0 radical (unpaired) electrons. The Morgan fingerprint density at radius 3 is 2.94 bits per heavy atom. The van der Waals surface area contributed by atoms with E-state index >= 15 is 0 Å². The molecule has 0 aliphatic rings. The molecule has 0 bridgehead atoms. The van der Waals surface area contributed by atoms with Gasteiger partial charge in [-0.1, -0.05) is 5.10 Å². The number of nitrogen functional groups attached to an aromatic ring is 1. The van der Waals surface area contributed by atoms with Gasteiger partial charge >= 0.3 is 0 Å². The van der Waals surface area contributed by atoms with Crippen molar-refractivity contribution < 1.29 is 9.18 Å². The minimum Gasteiger partial charge on any atom is -0.399 e. The normalized spacial score (nSPS) is 10.2. The highest BCUT2D eigenvalue weighted by Gasteiger charge is 2.14. The molecule has 8 heteroatoms. The number of carbonyl (C=O) groups excluding carboxylic acids is 1. The number of anilines is 2. The number of rotatable bonds is 2. The van der Waals surface area contributed by atoms with Gasteiger partial charge in [-0.05, 0) is 23.4 Å². The van der Waals surface area contributed by atoms with Gasteiger partial charge in [-0.2, -0.15) is 4.80 Å². The number of aryl methyl sites for hydroxylation is 1. The quantitative estimate of drug-likeness (QED) is 0.725. The Balaban J connectivity index is 2.22. The Hall–Kier alpha value is -2.51. The second-order valence-corrected chi connectivity index (χ2v) is 3.30. The van der Waals surface area contributed by atoms with E-state index in [4.69, 9.17) is 5.73 Å². The number of tetrazole rings is 1. The predicted octanol–water partition coefficient (Wildman–Crippen LogP) is 0.184. The molecule has 0 aliphatic carbocycles. The number of aromatic nitrogens is 4. The van der Waals surface area contributed by atoms with Crippen LogP contribution in [-0.2, 0) is 7.05 Å². The fourth-order valence-electron chi connectivity index (χ4n) is 1.22. The average Bonchev–Trinajstić information content (AvgIpc) is 2.67. The molecule has 1 heterocycles. The highest BCUT2D eigenvalue weighted by Crippen LogP contribution is 2.13. The zero-order valence-corrected chi connectivity index (χ0v) is 8.88. The Bertz CT molecular complexity index is 566. The third-order valence-corrected chi connectivity index (χ3v) is 1.97. The summed E-state index contributed by atoms with van der Waals surface area (Å²) in [6.07, 6.45) is 0. The number of nitrogens with one attached hydrogen (secondary N) is 1. The minimum atomic E-state index is -0.678. The van der Waals surface area contributed by atoms with Crippen molar-refractivity contribution in [2.24, 2.45) is 7.05 Å². The summed E-state index contributed by atoms with van der Waals surface area (Å²) >= 11 is 0. The second-order valence-electron chi connectivity index (χ2n) is 3.30. The molecule has 1 aromatic heterocycles. The van der Waals surface area contributed by atoms with Crippen LogP contribution in [0.2, 0.25) is 0 Å². The van der Waals surface area contributed by atoms with Crippen molar-refractivity contribution in [1.29, 1.82) is 0 Å². The number of carbonyl (C=O) groups is 1. The lowest BCUT2D eigenvalue weighted by Crippen LogP contribution is -2.15. The largest absolute Gasteiger partial charge is 0.399 e.